The summed E-state index contributed by atoms with van der Waals surface area (Å²) < 4.78 is 8.27. The molecular formula is C19H28N2O2S. The van der Waals surface area contributed by atoms with E-state index < -0.39 is 5.60 Å². The molecule has 0 saturated heterocycles. The van der Waals surface area contributed by atoms with Gasteiger partial charge in [-0.3, -0.25) is 9.47 Å². The zero-order valence-electron chi connectivity index (χ0n) is 15.2. The number of thiophene rings is 1. The van der Waals surface area contributed by atoms with E-state index >= 15 is 0 Å². The molecule has 1 aliphatic rings. The van der Waals surface area contributed by atoms with Crippen LogP contribution in [0.15, 0.2) is 18.3 Å². The maximum Gasteiger partial charge on any atom is 0.419 e. The molecule has 0 radical (unpaired) electrons. The molecule has 4 nitrogen and oxygen atoms in total. The highest BCUT2D eigenvalue weighted by Crippen LogP contribution is 2.30. The maximum absolute atomic E-state index is 12.3. The summed E-state index contributed by atoms with van der Waals surface area (Å²) >= 11 is 1.78. The first-order valence-electron chi connectivity index (χ1n) is 8.87. The van der Waals surface area contributed by atoms with E-state index in [9.17, 15) is 4.79 Å². The monoisotopic (exact) mass is 348 g/mol. The van der Waals surface area contributed by atoms with Gasteiger partial charge in [0.05, 0.1) is 10.2 Å². The summed E-state index contributed by atoms with van der Waals surface area (Å²) in [6.07, 6.45) is 8.22. The van der Waals surface area contributed by atoms with Crippen LogP contribution in [0.1, 0.15) is 57.8 Å². The summed E-state index contributed by atoms with van der Waals surface area (Å²) in [7, 11) is 2.22. The van der Waals surface area contributed by atoms with Crippen LogP contribution in [-0.4, -0.2) is 34.3 Å². The fourth-order valence-corrected chi connectivity index (χ4v) is 4.53. The Morgan fingerprint density at radius 2 is 2.04 bits per heavy atom. The Kier molecular flexibility index (Phi) is 5.02. The summed E-state index contributed by atoms with van der Waals surface area (Å²) in [6.45, 7) is 6.63. The van der Waals surface area contributed by atoms with Gasteiger partial charge in [-0.15, -0.1) is 11.3 Å². The van der Waals surface area contributed by atoms with Crippen molar-refractivity contribution in [2.75, 3.05) is 7.05 Å². The number of rotatable bonds is 3. The van der Waals surface area contributed by atoms with Crippen LogP contribution in [0, 0.1) is 0 Å². The van der Waals surface area contributed by atoms with E-state index in [2.05, 4.69) is 18.0 Å². The number of aromatic nitrogens is 1. The predicted molar refractivity (Wildman–Crippen MR) is 99.8 cm³/mol. The standard InChI is InChI=1S/C19H28N2O2S/c1-19(2,3)23-18(22)21-11-10-17-16(21)12-15(24-17)13-20(4)14-8-6-5-7-9-14/h10-12,14H,5-9,13H2,1-4H3. The third-order valence-corrected chi connectivity index (χ3v) is 5.69. The van der Waals surface area contributed by atoms with Gasteiger partial charge in [0.15, 0.2) is 0 Å². The number of carbonyl (C=O) groups excluding carboxylic acids is 1. The molecule has 132 valence electrons. The van der Waals surface area contributed by atoms with E-state index in [1.807, 2.05) is 33.0 Å². The number of hydrogen-bond acceptors (Lipinski definition) is 4. The molecule has 0 amide bonds. The van der Waals surface area contributed by atoms with Crippen LogP contribution in [0.3, 0.4) is 0 Å². The average Bonchev–Trinajstić information content (AvgIpc) is 3.06. The molecule has 0 aliphatic heterocycles. The van der Waals surface area contributed by atoms with E-state index in [0.717, 1.165) is 16.8 Å². The minimum atomic E-state index is -0.478. The fraction of sp³-hybridized carbons (Fsp3) is 0.632. The first-order chi connectivity index (χ1) is 11.3. The minimum absolute atomic E-state index is 0.303. The highest BCUT2D eigenvalue weighted by atomic mass is 32.1. The van der Waals surface area contributed by atoms with E-state index in [-0.39, 0.29) is 6.09 Å². The van der Waals surface area contributed by atoms with Gasteiger partial charge in [-0.2, -0.15) is 0 Å². The van der Waals surface area contributed by atoms with Crippen molar-refractivity contribution in [2.24, 2.45) is 0 Å². The van der Waals surface area contributed by atoms with Gasteiger partial charge in [-0.25, -0.2) is 4.79 Å². The Morgan fingerprint density at radius 3 is 2.71 bits per heavy atom. The lowest BCUT2D eigenvalue weighted by atomic mass is 9.94. The largest absolute Gasteiger partial charge is 0.443 e. The Labute approximate surface area is 148 Å². The van der Waals surface area contributed by atoms with E-state index in [1.165, 1.54) is 37.0 Å². The van der Waals surface area contributed by atoms with E-state index in [1.54, 1.807) is 15.9 Å². The molecule has 0 unspecified atom stereocenters. The van der Waals surface area contributed by atoms with Crippen LogP contribution in [0.2, 0.25) is 0 Å². The van der Waals surface area contributed by atoms with Gasteiger partial charge in [0.2, 0.25) is 0 Å². The summed E-state index contributed by atoms with van der Waals surface area (Å²) in [5.74, 6) is 0. The van der Waals surface area contributed by atoms with Crippen molar-refractivity contribution in [3.8, 4) is 0 Å². The summed E-state index contributed by atoms with van der Waals surface area (Å²) in [6, 6.07) is 4.85. The molecule has 5 heteroatoms. The Morgan fingerprint density at radius 1 is 1.33 bits per heavy atom. The highest BCUT2D eigenvalue weighted by molar-refractivity contribution is 7.19. The Hall–Kier alpha value is -1.33. The quantitative estimate of drug-likeness (QED) is 0.760. The number of carbonyl (C=O) groups is 1. The summed E-state index contributed by atoms with van der Waals surface area (Å²) in [5.41, 5.74) is 0.481. The molecule has 1 aliphatic carbocycles. The lowest BCUT2D eigenvalue weighted by molar-refractivity contribution is 0.0544. The van der Waals surface area contributed by atoms with Crippen molar-refractivity contribution >= 4 is 27.6 Å². The molecule has 0 atom stereocenters. The third kappa shape index (κ3) is 4.01. The molecule has 2 aromatic rings. The van der Waals surface area contributed by atoms with Gasteiger partial charge >= 0.3 is 6.09 Å². The first-order valence-corrected chi connectivity index (χ1v) is 9.68. The van der Waals surface area contributed by atoms with Gasteiger partial charge in [0, 0.05) is 23.7 Å². The molecular weight excluding hydrogens is 320 g/mol. The maximum atomic E-state index is 12.3. The highest BCUT2D eigenvalue weighted by Gasteiger charge is 2.21. The number of hydrogen-bond donors (Lipinski definition) is 0. The van der Waals surface area contributed by atoms with Crippen LogP contribution in [-0.2, 0) is 11.3 Å². The number of nitrogens with zero attached hydrogens (tertiary/aromatic N) is 2. The molecule has 24 heavy (non-hydrogen) atoms. The van der Waals surface area contributed by atoms with Crippen LogP contribution >= 0.6 is 11.3 Å². The van der Waals surface area contributed by atoms with Crippen molar-refractivity contribution in [3.05, 3.63) is 23.2 Å². The predicted octanol–water partition coefficient (Wildman–Crippen LogP) is 5.25. The summed E-state index contributed by atoms with van der Waals surface area (Å²) in [5, 5.41) is 0. The third-order valence-electron chi connectivity index (χ3n) is 4.62. The first kappa shape index (κ1) is 17.5. The van der Waals surface area contributed by atoms with Crippen LogP contribution in [0.4, 0.5) is 4.79 Å². The van der Waals surface area contributed by atoms with Crippen LogP contribution in [0.5, 0.6) is 0 Å². The van der Waals surface area contributed by atoms with Crippen LogP contribution < -0.4 is 0 Å². The van der Waals surface area contributed by atoms with Gasteiger partial charge < -0.3 is 4.74 Å². The smallest absolute Gasteiger partial charge is 0.419 e. The molecule has 3 rings (SSSR count). The normalized spacial score (nSPS) is 16.9. The lowest BCUT2D eigenvalue weighted by Gasteiger charge is -2.30. The topological polar surface area (TPSA) is 34.5 Å². The van der Waals surface area contributed by atoms with Gasteiger partial charge in [0.1, 0.15) is 5.60 Å². The van der Waals surface area contributed by atoms with Gasteiger partial charge in [-0.1, -0.05) is 19.3 Å². The van der Waals surface area contributed by atoms with E-state index in [4.69, 9.17) is 4.74 Å². The molecule has 1 fully saturated rings. The number of fused-ring (bicyclic) bond motifs is 1. The SMILES string of the molecule is CN(Cc1cc2c(ccn2C(=O)OC(C)(C)C)s1)C1CCCCC1. The lowest BCUT2D eigenvalue weighted by Crippen LogP contribution is -2.32. The second kappa shape index (κ2) is 6.89. The van der Waals surface area contributed by atoms with Crippen LogP contribution in [0.25, 0.3) is 10.2 Å². The molecule has 0 N–H and O–H groups in total. The zero-order chi connectivity index (χ0) is 17.3. The zero-order valence-corrected chi connectivity index (χ0v) is 16.0. The van der Waals surface area contributed by atoms with E-state index in [0.29, 0.717) is 6.04 Å². The summed E-state index contributed by atoms with van der Waals surface area (Å²) in [4.78, 5) is 16.1. The molecule has 1 saturated carbocycles. The second-order valence-electron chi connectivity index (χ2n) is 7.84. The Bertz CT molecular complexity index is 705. The van der Waals surface area contributed by atoms with Crippen molar-refractivity contribution in [1.82, 2.24) is 9.47 Å². The molecule has 0 bridgehead atoms. The molecule has 2 heterocycles. The minimum Gasteiger partial charge on any atom is -0.443 e. The number of ether oxygens (including phenoxy) is 1. The van der Waals surface area contributed by atoms with Crippen molar-refractivity contribution in [3.63, 3.8) is 0 Å². The van der Waals surface area contributed by atoms with Crippen molar-refractivity contribution in [1.29, 1.82) is 0 Å². The molecule has 0 spiro atoms. The average molecular weight is 349 g/mol. The van der Waals surface area contributed by atoms with Gasteiger partial charge in [0.25, 0.3) is 0 Å². The van der Waals surface area contributed by atoms with Gasteiger partial charge in [-0.05, 0) is 52.8 Å². The Balaban J connectivity index is 1.73. The molecule has 2 aromatic heterocycles. The second-order valence-corrected chi connectivity index (χ2v) is 9.00. The molecule has 0 aromatic carbocycles. The van der Waals surface area contributed by atoms with Crippen molar-refractivity contribution < 1.29 is 9.53 Å². The fourth-order valence-electron chi connectivity index (χ4n) is 3.42. The van der Waals surface area contributed by atoms with Crippen molar-refractivity contribution in [2.45, 2.75) is 71.1 Å².